The van der Waals surface area contributed by atoms with Crippen molar-refractivity contribution in [2.24, 2.45) is 0 Å². The van der Waals surface area contributed by atoms with Crippen LogP contribution in [0.25, 0.3) is 0 Å². The van der Waals surface area contributed by atoms with Crippen molar-refractivity contribution in [1.82, 2.24) is 0 Å². The molecule has 0 saturated carbocycles. The van der Waals surface area contributed by atoms with E-state index in [2.05, 4.69) is 0 Å². The maximum Gasteiger partial charge on any atom is 0.264 e. The van der Waals surface area contributed by atoms with Crippen molar-refractivity contribution in [3.63, 3.8) is 0 Å². The van der Waals surface area contributed by atoms with E-state index in [0.717, 1.165) is 6.26 Å². The summed E-state index contributed by atoms with van der Waals surface area (Å²) in [4.78, 5) is 0. The number of ether oxygens (including phenoxy) is 5. The fourth-order valence-electron chi connectivity index (χ4n) is 2.99. The van der Waals surface area contributed by atoms with E-state index in [-0.39, 0.29) is 6.61 Å². The summed E-state index contributed by atoms with van der Waals surface area (Å²) in [5.74, 6) is -1.60. The van der Waals surface area contributed by atoms with Crippen LogP contribution < -0.4 is 0 Å². The maximum atomic E-state index is 11.6. The first-order chi connectivity index (χ1) is 9.96. The van der Waals surface area contributed by atoms with Crippen LogP contribution in [-0.4, -0.2) is 63.6 Å². The highest BCUT2D eigenvalue weighted by molar-refractivity contribution is 7.86. The highest BCUT2D eigenvalue weighted by Crippen LogP contribution is 2.42. The Morgan fingerprint density at radius 3 is 2.23 bits per heavy atom. The van der Waals surface area contributed by atoms with E-state index in [1.54, 1.807) is 27.7 Å². The van der Waals surface area contributed by atoms with Crippen LogP contribution in [0, 0.1) is 0 Å². The Balaban J connectivity index is 1.81. The van der Waals surface area contributed by atoms with Crippen LogP contribution in [0.15, 0.2) is 0 Å². The Labute approximate surface area is 130 Å². The van der Waals surface area contributed by atoms with Crippen LogP contribution >= 0.6 is 0 Å². The molecule has 3 saturated heterocycles. The molecule has 0 aliphatic carbocycles. The average Bonchev–Trinajstić information content (AvgIpc) is 2.89. The molecule has 0 unspecified atom stereocenters. The van der Waals surface area contributed by atoms with Gasteiger partial charge in [0.1, 0.15) is 24.4 Å². The third-order valence-corrected chi connectivity index (χ3v) is 4.28. The van der Waals surface area contributed by atoms with Crippen molar-refractivity contribution in [2.45, 2.75) is 70.0 Å². The van der Waals surface area contributed by atoms with Crippen LogP contribution in [-0.2, 0) is 38.0 Å². The molecule has 0 aromatic rings. The zero-order valence-electron chi connectivity index (χ0n) is 13.3. The molecule has 5 atom stereocenters. The predicted octanol–water partition coefficient (Wildman–Crippen LogP) is 0.359. The Morgan fingerprint density at radius 2 is 1.68 bits per heavy atom. The van der Waals surface area contributed by atoms with Crippen molar-refractivity contribution in [3.05, 3.63) is 0 Å². The van der Waals surface area contributed by atoms with Gasteiger partial charge in [-0.1, -0.05) is 0 Å². The van der Waals surface area contributed by atoms with Gasteiger partial charge in [0.05, 0.1) is 12.9 Å². The average molecular weight is 338 g/mol. The van der Waals surface area contributed by atoms with Crippen molar-refractivity contribution in [2.75, 3.05) is 12.9 Å². The lowest BCUT2D eigenvalue weighted by molar-refractivity contribution is -0.230. The first-order valence-electron chi connectivity index (χ1n) is 7.17. The first kappa shape index (κ1) is 16.6. The first-order valence-corrected chi connectivity index (χ1v) is 8.99. The molecule has 0 aromatic heterocycles. The molecule has 9 heteroatoms. The fraction of sp³-hybridized carbons (Fsp3) is 1.00. The van der Waals surface area contributed by atoms with Gasteiger partial charge in [0.2, 0.25) is 0 Å². The van der Waals surface area contributed by atoms with Gasteiger partial charge in [0.25, 0.3) is 10.1 Å². The number of rotatable bonds is 3. The molecule has 3 fully saturated rings. The quantitative estimate of drug-likeness (QED) is 0.682. The van der Waals surface area contributed by atoms with Crippen LogP contribution in [0.3, 0.4) is 0 Å². The van der Waals surface area contributed by atoms with Gasteiger partial charge in [-0.3, -0.25) is 4.18 Å². The van der Waals surface area contributed by atoms with E-state index in [1.807, 2.05) is 0 Å². The normalized spacial score (nSPS) is 43.4. The van der Waals surface area contributed by atoms with Gasteiger partial charge in [-0.15, -0.1) is 0 Å². The van der Waals surface area contributed by atoms with Crippen molar-refractivity contribution >= 4 is 10.1 Å². The van der Waals surface area contributed by atoms with Crippen molar-refractivity contribution < 1.29 is 36.3 Å². The molecule has 22 heavy (non-hydrogen) atoms. The van der Waals surface area contributed by atoms with Crippen molar-refractivity contribution in [1.29, 1.82) is 0 Å². The van der Waals surface area contributed by atoms with Gasteiger partial charge in [-0.05, 0) is 27.7 Å². The molecule has 128 valence electrons. The Kier molecular flexibility index (Phi) is 3.84. The van der Waals surface area contributed by atoms with Crippen molar-refractivity contribution in [3.8, 4) is 0 Å². The summed E-state index contributed by atoms with van der Waals surface area (Å²) in [6.45, 7) is 7.32. The van der Waals surface area contributed by atoms with Gasteiger partial charge in [-0.25, -0.2) is 0 Å². The molecule has 3 rings (SSSR count). The topological polar surface area (TPSA) is 89.5 Å². The zero-order valence-corrected chi connectivity index (χ0v) is 14.1. The third-order valence-electron chi connectivity index (χ3n) is 3.71. The molecular weight excluding hydrogens is 316 g/mol. The number of hydrogen-bond acceptors (Lipinski definition) is 8. The molecule has 3 heterocycles. The summed E-state index contributed by atoms with van der Waals surface area (Å²) in [7, 11) is -3.69. The molecule has 3 aliphatic rings. The SMILES string of the molecule is CC1(C)O[C@H]2O[C@@H]([C@H]3COC(C)(C)O3)[C@H](OS(C)(=O)=O)[C@@H]2O1. The Bertz CT molecular complexity index is 542. The lowest BCUT2D eigenvalue weighted by Crippen LogP contribution is -2.45. The second-order valence-electron chi connectivity index (χ2n) is 6.70. The molecule has 0 N–H and O–H groups in total. The fourth-order valence-corrected chi connectivity index (χ4v) is 3.61. The van der Waals surface area contributed by atoms with E-state index < -0.39 is 52.4 Å². The van der Waals surface area contributed by atoms with Gasteiger partial charge in [0, 0.05) is 0 Å². The lowest BCUT2D eigenvalue weighted by atomic mass is 10.1. The summed E-state index contributed by atoms with van der Waals surface area (Å²) in [5.41, 5.74) is 0. The molecular formula is C13H22O8S. The van der Waals surface area contributed by atoms with E-state index >= 15 is 0 Å². The van der Waals surface area contributed by atoms with E-state index in [1.165, 1.54) is 0 Å². The second-order valence-corrected chi connectivity index (χ2v) is 8.30. The minimum absolute atomic E-state index is 0.282. The molecule has 0 bridgehead atoms. The molecule has 8 nitrogen and oxygen atoms in total. The van der Waals surface area contributed by atoms with E-state index in [0.29, 0.717) is 0 Å². The molecule has 0 amide bonds. The third kappa shape index (κ3) is 3.30. The minimum atomic E-state index is -3.69. The number of fused-ring (bicyclic) bond motifs is 1. The van der Waals surface area contributed by atoms with E-state index in [4.69, 9.17) is 27.9 Å². The smallest absolute Gasteiger partial charge is 0.264 e. The lowest BCUT2D eigenvalue weighted by Gasteiger charge is -2.28. The molecule has 0 aromatic carbocycles. The van der Waals surface area contributed by atoms with Gasteiger partial charge < -0.3 is 23.7 Å². The monoisotopic (exact) mass is 338 g/mol. The van der Waals surface area contributed by atoms with Gasteiger partial charge >= 0.3 is 0 Å². The van der Waals surface area contributed by atoms with Crippen LogP contribution in [0.4, 0.5) is 0 Å². The standard InChI is InChI=1S/C13H22O8S/c1-12(2)16-6-7(18-12)8-9(21-22(5,14)15)10-11(17-8)20-13(3,4)19-10/h7-11H,6H2,1-5H3/t7-,8+,9+,10+,11-/m1/s1. The van der Waals surface area contributed by atoms with E-state index in [9.17, 15) is 8.42 Å². The molecule has 3 aliphatic heterocycles. The molecule has 0 spiro atoms. The number of hydrogen-bond donors (Lipinski definition) is 0. The van der Waals surface area contributed by atoms with Gasteiger partial charge in [0.15, 0.2) is 17.9 Å². The summed E-state index contributed by atoms with van der Waals surface area (Å²) < 4.78 is 56.8. The second kappa shape index (κ2) is 5.10. The van der Waals surface area contributed by atoms with Crippen LogP contribution in [0.1, 0.15) is 27.7 Å². The van der Waals surface area contributed by atoms with Gasteiger partial charge in [-0.2, -0.15) is 8.42 Å². The summed E-state index contributed by atoms with van der Waals surface area (Å²) in [6, 6.07) is 0. The highest BCUT2D eigenvalue weighted by Gasteiger charge is 2.59. The summed E-state index contributed by atoms with van der Waals surface area (Å²) in [6.07, 6.45) is -2.29. The summed E-state index contributed by atoms with van der Waals surface area (Å²) in [5, 5.41) is 0. The van der Waals surface area contributed by atoms with Crippen LogP contribution in [0.2, 0.25) is 0 Å². The Hall–Kier alpha value is -0.290. The largest absolute Gasteiger partial charge is 0.348 e. The minimum Gasteiger partial charge on any atom is -0.348 e. The highest BCUT2D eigenvalue weighted by atomic mass is 32.2. The molecule has 0 radical (unpaired) electrons. The van der Waals surface area contributed by atoms with Crippen LogP contribution in [0.5, 0.6) is 0 Å². The summed E-state index contributed by atoms with van der Waals surface area (Å²) >= 11 is 0. The predicted molar refractivity (Wildman–Crippen MR) is 73.3 cm³/mol. The Morgan fingerprint density at radius 1 is 1.00 bits per heavy atom. The maximum absolute atomic E-state index is 11.6. The zero-order chi connectivity index (χ0) is 16.3.